The van der Waals surface area contributed by atoms with Crippen molar-refractivity contribution in [2.24, 2.45) is 5.92 Å². The highest BCUT2D eigenvalue weighted by atomic mass is 35.5. The molecule has 2 aromatic rings. The van der Waals surface area contributed by atoms with E-state index in [1.54, 1.807) is 11.0 Å². The molecule has 0 aliphatic carbocycles. The molecule has 25 heavy (non-hydrogen) atoms. The van der Waals surface area contributed by atoms with E-state index in [1.807, 2.05) is 32.9 Å². The Morgan fingerprint density at radius 1 is 1.44 bits per heavy atom. The number of carbonyl (C=O) groups is 2. The predicted octanol–water partition coefficient (Wildman–Crippen LogP) is 2.52. The summed E-state index contributed by atoms with van der Waals surface area (Å²) in [6.45, 7) is 6.92. The lowest BCUT2D eigenvalue weighted by molar-refractivity contribution is -0.132. The number of rotatable bonds is 4. The summed E-state index contributed by atoms with van der Waals surface area (Å²) in [5.74, 6) is 0.499. The van der Waals surface area contributed by atoms with Crippen molar-refractivity contribution in [1.29, 1.82) is 0 Å². The summed E-state index contributed by atoms with van der Waals surface area (Å²) in [5, 5.41) is 3.58. The second-order valence-corrected chi connectivity index (χ2v) is 7.90. The van der Waals surface area contributed by atoms with Crippen LogP contribution < -0.4 is 5.32 Å². The van der Waals surface area contributed by atoms with E-state index in [4.69, 9.17) is 11.6 Å². The number of H-pyrrole nitrogens is 1. The lowest BCUT2D eigenvalue weighted by Gasteiger charge is -2.31. The van der Waals surface area contributed by atoms with Gasteiger partial charge in [0.05, 0.1) is 17.0 Å². The van der Waals surface area contributed by atoms with Crippen LogP contribution in [-0.2, 0) is 16.0 Å². The molecule has 1 saturated heterocycles. The van der Waals surface area contributed by atoms with Crippen molar-refractivity contribution in [3.05, 3.63) is 29.0 Å². The molecule has 3 rings (SSSR count). The van der Waals surface area contributed by atoms with E-state index in [1.165, 1.54) is 0 Å². The Bertz CT molecular complexity index is 809. The zero-order valence-electron chi connectivity index (χ0n) is 14.7. The fourth-order valence-electron chi connectivity index (χ4n) is 3.13. The number of hydrogen-bond donors (Lipinski definition) is 2. The van der Waals surface area contributed by atoms with Gasteiger partial charge in [0.25, 0.3) is 0 Å². The van der Waals surface area contributed by atoms with Gasteiger partial charge in [-0.25, -0.2) is 4.98 Å². The summed E-state index contributed by atoms with van der Waals surface area (Å²) in [7, 11) is 0. The first-order valence-corrected chi connectivity index (χ1v) is 8.84. The van der Waals surface area contributed by atoms with Crippen molar-refractivity contribution in [1.82, 2.24) is 20.2 Å². The Hall–Kier alpha value is -2.08. The van der Waals surface area contributed by atoms with Gasteiger partial charge < -0.3 is 15.2 Å². The van der Waals surface area contributed by atoms with Crippen LogP contribution in [0.1, 0.15) is 33.0 Å². The topological polar surface area (TPSA) is 78.1 Å². The molecule has 2 amide bonds. The Morgan fingerprint density at radius 3 is 2.88 bits per heavy atom. The molecule has 1 unspecified atom stereocenters. The summed E-state index contributed by atoms with van der Waals surface area (Å²) in [6.07, 6.45) is 0.883. The van der Waals surface area contributed by atoms with Gasteiger partial charge >= 0.3 is 0 Å². The van der Waals surface area contributed by atoms with Gasteiger partial charge in [-0.05, 0) is 39.0 Å². The largest absolute Gasteiger partial charge is 0.355 e. The standard InChI is InChI=1S/C18H23ClN4O2/c1-18(2,3)23-10-11(8-16(23)24)17(25)20-7-6-15-21-13-5-4-12(19)9-14(13)22-15/h4-5,9,11H,6-8,10H2,1-3H3,(H,20,25)(H,21,22). The van der Waals surface area contributed by atoms with E-state index in [0.717, 1.165) is 16.9 Å². The molecule has 1 aliphatic heterocycles. The van der Waals surface area contributed by atoms with Gasteiger partial charge in [-0.15, -0.1) is 0 Å². The van der Waals surface area contributed by atoms with Crippen molar-refractivity contribution in [2.75, 3.05) is 13.1 Å². The molecule has 0 bridgehead atoms. The molecule has 1 atom stereocenters. The lowest BCUT2D eigenvalue weighted by Crippen LogP contribution is -2.43. The van der Waals surface area contributed by atoms with Crippen LogP contribution in [0.5, 0.6) is 0 Å². The van der Waals surface area contributed by atoms with Crippen molar-refractivity contribution in [3.63, 3.8) is 0 Å². The SMILES string of the molecule is CC(C)(C)N1CC(C(=O)NCCc2nc3ccc(Cl)cc3[nH]2)CC1=O. The molecule has 2 heterocycles. The number of likely N-dealkylation sites (tertiary alicyclic amines) is 1. The molecule has 0 radical (unpaired) electrons. The fourth-order valence-corrected chi connectivity index (χ4v) is 3.30. The van der Waals surface area contributed by atoms with Gasteiger partial charge in [-0.1, -0.05) is 11.6 Å². The van der Waals surface area contributed by atoms with Crippen LogP contribution in [0.25, 0.3) is 11.0 Å². The second-order valence-electron chi connectivity index (χ2n) is 7.46. The summed E-state index contributed by atoms with van der Waals surface area (Å²) in [5.41, 5.74) is 1.49. The highest BCUT2D eigenvalue weighted by Gasteiger charge is 2.39. The number of halogens is 1. The smallest absolute Gasteiger partial charge is 0.225 e. The quantitative estimate of drug-likeness (QED) is 0.877. The number of fused-ring (bicyclic) bond motifs is 1. The average molecular weight is 363 g/mol. The number of nitrogens with one attached hydrogen (secondary N) is 2. The Morgan fingerprint density at radius 2 is 2.20 bits per heavy atom. The van der Waals surface area contributed by atoms with E-state index in [0.29, 0.717) is 24.5 Å². The lowest BCUT2D eigenvalue weighted by atomic mass is 10.1. The van der Waals surface area contributed by atoms with Crippen molar-refractivity contribution >= 4 is 34.4 Å². The maximum absolute atomic E-state index is 12.3. The van der Waals surface area contributed by atoms with Crippen molar-refractivity contribution < 1.29 is 9.59 Å². The summed E-state index contributed by atoms with van der Waals surface area (Å²) in [6, 6.07) is 5.49. The molecule has 1 aromatic heterocycles. The Labute approximate surface area is 151 Å². The fraction of sp³-hybridized carbons (Fsp3) is 0.500. The Kier molecular flexibility index (Phi) is 4.73. The second kappa shape index (κ2) is 6.67. The van der Waals surface area contributed by atoms with Crippen LogP contribution in [0, 0.1) is 5.92 Å². The number of carbonyl (C=O) groups excluding carboxylic acids is 2. The van der Waals surface area contributed by atoms with Crippen LogP contribution in [0.3, 0.4) is 0 Å². The third kappa shape index (κ3) is 3.95. The van der Waals surface area contributed by atoms with Crippen LogP contribution in [0.4, 0.5) is 0 Å². The van der Waals surface area contributed by atoms with Crippen LogP contribution >= 0.6 is 11.6 Å². The zero-order chi connectivity index (χ0) is 18.2. The molecule has 0 spiro atoms. The minimum Gasteiger partial charge on any atom is -0.355 e. The highest BCUT2D eigenvalue weighted by Crippen LogP contribution is 2.25. The molecule has 6 nitrogen and oxygen atoms in total. The molecule has 134 valence electrons. The van der Waals surface area contributed by atoms with Gasteiger partial charge in [0.1, 0.15) is 5.82 Å². The zero-order valence-corrected chi connectivity index (χ0v) is 15.5. The van der Waals surface area contributed by atoms with E-state index in [-0.39, 0.29) is 29.7 Å². The number of imidazole rings is 1. The first-order valence-electron chi connectivity index (χ1n) is 8.46. The molecule has 1 fully saturated rings. The number of amides is 2. The molecule has 1 aromatic carbocycles. The van der Waals surface area contributed by atoms with Gasteiger partial charge in [0.2, 0.25) is 11.8 Å². The summed E-state index contributed by atoms with van der Waals surface area (Å²) >= 11 is 5.97. The maximum Gasteiger partial charge on any atom is 0.225 e. The van der Waals surface area contributed by atoms with Crippen LogP contribution in [0.2, 0.25) is 5.02 Å². The third-order valence-corrected chi connectivity index (χ3v) is 4.69. The number of hydrogen-bond acceptors (Lipinski definition) is 3. The summed E-state index contributed by atoms with van der Waals surface area (Å²) in [4.78, 5) is 33.9. The van der Waals surface area contributed by atoms with Gasteiger partial charge in [-0.3, -0.25) is 9.59 Å². The first-order chi connectivity index (χ1) is 11.7. The molecule has 2 N–H and O–H groups in total. The van der Waals surface area contributed by atoms with E-state index < -0.39 is 0 Å². The maximum atomic E-state index is 12.3. The van der Waals surface area contributed by atoms with E-state index in [9.17, 15) is 9.59 Å². The van der Waals surface area contributed by atoms with Crippen LogP contribution in [-0.4, -0.2) is 45.3 Å². The Balaban J connectivity index is 1.53. The van der Waals surface area contributed by atoms with Crippen LogP contribution in [0.15, 0.2) is 18.2 Å². The molecule has 0 saturated carbocycles. The monoisotopic (exact) mass is 362 g/mol. The van der Waals surface area contributed by atoms with E-state index >= 15 is 0 Å². The van der Waals surface area contributed by atoms with Crippen molar-refractivity contribution in [2.45, 2.75) is 39.2 Å². The predicted molar refractivity (Wildman–Crippen MR) is 97.4 cm³/mol. The minimum absolute atomic E-state index is 0.0433. The normalized spacial score (nSPS) is 18.2. The molecular formula is C18H23ClN4O2. The first kappa shape index (κ1) is 17.7. The molecule has 1 aliphatic rings. The molecule has 7 heteroatoms. The van der Waals surface area contributed by atoms with Gasteiger partial charge in [0, 0.05) is 36.5 Å². The average Bonchev–Trinajstić information content (AvgIpc) is 3.09. The minimum atomic E-state index is -0.277. The number of benzene rings is 1. The third-order valence-electron chi connectivity index (χ3n) is 4.46. The van der Waals surface area contributed by atoms with E-state index in [2.05, 4.69) is 15.3 Å². The molecular weight excluding hydrogens is 340 g/mol. The highest BCUT2D eigenvalue weighted by molar-refractivity contribution is 6.31. The van der Waals surface area contributed by atoms with Crippen molar-refractivity contribution in [3.8, 4) is 0 Å². The number of nitrogens with zero attached hydrogens (tertiary/aromatic N) is 2. The number of aromatic amines is 1. The summed E-state index contributed by atoms with van der Waals surface area (Å²) < 4.78 is 0. The van der Waals surface area contributed by atoms with Gasteiger partial charge in [0.15, 0.2) is 0 Å². The number of aromatic nitrogens is 2. The van der Waals surface area contributed by atoms with Gasteiger partial charge in [-0.2, -0.15) is 0 Å².